The van der Waals surface area contributed by atoms with Gasteiger partial charge in [-0.25, -0.2) is 13.1 Å². The monoisotopic (exact) mass is 345 g/mol. The van der Waals surface area contributed by atoms with Crippen molar-refractivity contribution < 1.29 is 13.2 Å². The zero-order valence-corrected chi connectivity index (χ0v) is 14.2. The molecule has 2 heterocycles. The largest absolute Gasteiger partial charge is 0.312 e. The van der Waals surface area contributed by atoms with Crippen LogP contribution in [0.15, 0.2) is 53.7 Å². The lowest BCUT2D eigenvalue weighted by molar-refractivity contribution is -0.117. The number of hydrogen-bond donors (Lipinski definition) is 1. The zero-order valence-electron chi connectivity index (χ0n) is 13.3. The van der Waals surface area contributed by atoms with E-state index >= 15 is 0 Å². The quantitative estimate of drug-likeness (QED) is 0.901. The van der Waals surface area contributed by atoms with Gasteiger partial charge in [-0.2, -0.15) is 0 Å². The summed E-state index contributed by atoms with van der Waals surface area (Å²) >= 11 is 0. The number of aromatic nitrogens is 1. The average molecular weight is 345 g/mol. The molecule has 0 unspecified atom stereocenters. The topological polar surface area (TPSA) is 79.4 Å². The van der Waals surface area contributed by atoms with E-state index in [2.05, 4.69) is 9.71 Å². The molecule has 6 nitrogen and oxygen atoms in total. The van der Waals surface area contributed by atoms with Gasteiger partial charge in [-0.3, -0.25) is 9.78 Å². The minimum atomic E-state index is -3.64. The number of carbonyl (C=O) groups excluding carboxylic acids is 1. The fourth-order valence-corrected chi connectivity index (χ4v) is 3.96. The van der Waals surface area contributed by atoms with Crippen LogP contribution in [0.3, 0.4) is 0 Å². The van der Waals surface area contributed by atoms with Crippen LogP contribution in [0, 0.1) is 0 Å². The van der Waals surface area contributed by atoms with Crippen LogP contribution in [0.2, 0.25) is 0 Å². The van der Waals surface area contributed by atoms with E-state index in [0.29, 0.717) is 13.0 Å². The number of anilines is 1. The Labute approximate surface area is 141 Å². The molecular formula is C17H19N3O3S. The summed E-state index contributed by atoms with van der Waals surface area (Å²) in [6.45, 7) is 2.45. The van der Waals surface area contributed by atoms with Gasteiger partial charge < -0.3 is 4.90 Å². The van der Waals surface area contributed by atoms with E-state index in [1.165, 1.54) is 12.1 Å². The average Bonchev–Trinajstić information content (AvgIpc) is 3.01. The van der Waals surface area contributed by atoms with Crippen LogP contribution >= 0.6 is 0 Å². The van der Waals surface area contributed by atoms with Crippen LogP contribution in [0.4, 0.5) is 5.69 Å². The number of nitrogens with zero attached hydrogens (tertiary/aromatic N) is 2. The smallest absolute Gasteiger partial charge is 0.241 e. The SMILES string of the molecule is C[C@H](NS(=O)(=O)c1ccc(N2CCCC2=O)cc1)c1cccnc1. The minimum absolute atomic E-state index is 0.0777. The molecule has 0 aliphatic carbocycles. The van der Waals surface area contributed by atoms with Crippen LogP contribution in [0.1, 0.15) is 31.4 Å². The first kappa shape index (κ1) is 16.6. The van der Waals surface area contributed by atoms with Crippen molar-refractivity contribution in [2.75, 3.05) is 11.4 Å². The molecule has 1 amide bonds. The van der Waals surface area contributed by atoms with E-state index in [1.54, 1.807) is 42.4 Å². The van der Waals surface area contributed by atoms with Crippen molar-refractivity contribution in [3.63, 3.8) is 0 Å². The van der Waals surface area contributed by atoms with E-state index < -0.39 is 10.0 Å². The maximum atomic E-state index is 12.5. The van der Waals surface area contributed by atoms with Crippen molar-refractivity contribution in [2.45, 2.75) is 30.7 Å². The molecule has 0 radical (unpaired) electrons. The van der Waals surface area contributed by atoms with Gasteiger partial charge in [0.15, 0.2) is 0 Å². The van der Waals surface area contributed by atoms with Gasteiger partial charge in [0.25, 0.3) is 0 Å². The number of rotatable bonds is 5. The summed E-state index contributed by atoms with van der Waals surface area (Å²) < 4.78 is 27.6. The van der Waals surface area contributed by atoms with Crippen molar-refractivity contribution >= 4 is 21.6 Å². The summed E-state index contributed by atoms with van der Waals surface area (Å²) in [6, 6.07) is 9.60. The highest BCUT2D eigenvalue weighted by Crippen LogP contribution is 2.23. The molecule has 3 rings (SSSR count). The molecule has 1 aliphatic heterocycles. The number of pyridine rings is 1. The third kappa shape index (κ3) is 3.47. The molecule has 1 atom stereocenters. The Kier molecular flexibility index (Phi) is 4.64. The summed E-state index contributed by atoms with van der Waals surface area (Å²) in [5.41, 5.74) is 1.53. The summed E-state index contributed by atoms with van der Waals surface area (Å²) in [6.07, 6.45) is 4.66. The molecule has 1 aromatic carbocycles. The van der Waals surface area contributed by atoms with Gasteiger partial charge in [-0.05, 0) is 49.2 Å². The number of hydrogen-bond acceptors (Lipinski definition) is 4. The van der Waals surface area contributed by atoms with Crippen molar-refractivity contribution in [1.29, 1.82) is 0 Å². The summed E-state index contributed by atoms with van der Waals surface area (Å²) in [5, 5.41) is 0. The first-order chi connectivity index (χ1) is 11.5. The highest BCUT2D eigenvalue weighted by atomic mass is 32.2. The first-order valence-electron chi connectivity index (χ1n) is 7.80. The lowest BCUT2D eigenvalue weighted by atomic mass is 10.2. The minimum Gasteiger partial charge on any atom is -0.312 e. The molecule has 1 aliphatic rings. The maximum Gasteiger partial charge on any atom is 0.241 e. The van der Waals surface area contributed by atoms with Crippen LogP contribution in [0.25, 0.3) is 0 Å². The summed E-state index contributed by atoms with van der Waals surface area (Å²) in [4.78, 5) is 17.6. The predicted molar refractivity (Wildman–Crippen MR) is 91.0 cm³/mol. The molecule has 0 bridgehead atoms. The fraction of sp³-hybridized carbons (Fsp3) is 0.294. The van der Waals surface area contributed by atoms with Crippen molar-refractivity contribution in [1.82, 2.24) is 9.71 Å². The van der Waals surface area contributed by atoms with E-state index in [1.807, 2.05) is 6.07 Å². The standard InChI is InChI=1S/C17H19N3O3S/c1-13(14-4-2-10-18-12-14)19-24(22,23)16-8-6-15(7-9-16)20-11-3-5-17(20)21/h2,4,6-10,12-13,19H,3,5,11H2,1H3/t13-/m0/s1. The molecule has 1 saturated heterocycles. The van der Waals surface area contributed by atoms with E-state index in [-0.39, 0.29) is 16.8 Å². The van der Waals surface area contributed by atoms with Gasteiger partial charge in [-0.1, -0.05) is 6.07 Å². The Balaban J connectivity index is 1.76. The highest BCUT2D eigenvalue weighted by Gasteiger charge is 2.23. The molecule has 7 heteroatoms. The zero-order chi connectivity index (χ0) is 17.2. The molecular weight excluding hydrogens is 326 g/mol. The molecule has 126 valence electrons. The number of sulfonamides is 1. The van der Waals surface area contributed by atoms with Crippen LogP contribution in [-0.2, 0) is 14.8 Å². The maximum absolute atomic E-state index is 12.5. The van der Waals surface area contributed by atoms with Crippen molar-refractivity contribution in [3.8, 4) is 0 Å². The van der Waals surface area contributed by atoms with Crippen LogP contribution in [0.5, 0.6) is 0 Å². The highest BCUT2D eigenvalue weighted by molar-refractivity contribution is 7.89. The lowest BCUT2D eigenvalue weighted by Crippen LogP contribution is -2.27. The number of amides is 1. The Morgan fingerprint density at radius 3 is 2.54 bits per heavy atom. The molecule has 1 aromatic heterocycles. The second-order valence-corrected chi connectivity index (χ2v) is 7.49. The van der Waals surface area contributed by atoms with E-state index in [9.17, 15) is 13.2 Å². The normalized spacial score (nSPS) is 16.4. The van der Waals surface area contributed by atoms with E-state index in [0.717, 1.165) is 17.7 Å². The Hall–Kier alpha value is -2.25. The van der Waals surface area contributed by atoms with Gasteiger partial charge in [0.1, 0.15) is 0 Å². The second-order valence-electron chi connectivity index (χ2n) is 5.77. The van der Waals surface area contributed by atoms with Crippen molar-refractivity contribution in [2.24, 2.45) is 0 Å². The van der Waals surface area contributed by atoms with Crippen LogP contribution in [-0.4, -0.2) is 25.9 Å². The third-order valence-corrected chi connectivity index (χ3v) is 5.61. The number of benzene rings is 1. The van der Waals surface area contributed by atoms with Crippen molar-refractivity contribution in [3.05, 3.63) is 54.4 Å². The predicted octanol–water partition coefficient (Wildman–Crippen LogP) is 2.25. The molecule has 0 saturated carbocycles. The Morgan fingerprint density at radius 2 is 1.96 bits per heavy atom. The molecule has 1 fully saturated rings. The van der Waals surface area contributed by atoms with E-state index in [4.69, 9.17) is 0 Å². The Morgan fingerprint density at radius 1 is 1.21 bits per heavy atom. The molecule has 1 N–H and O–H groups in total. The Bertz CT molecular complexity index is 820. The number of nitrogens with one attached hydrogen (secondary N) is 1. The third-order valence-electron chi connectivity index (χ3n) is 4.05. The lowest BCUT2D eigenvalue weighted by Gasteiger charge is -2.17. The van der Waals surface area contributed by atoms with Crippen LogP contribution < -0.4 is 9.62 Å². The first-order valence-corrected chi connectivity index (χ1v) is 9.28. The van der Waals surface area contributed by atoms with Gasteiger partial charge in [-0.15, -0.1) is 0 Å². The summed E-state index contributed by atoms with van der Waals surface area (Å²) in [7, 11) is -3.64. The fourth-order valence-electron chi connectivity index (χ4n) is 2.73. The van der Waals surface area contributed by atoms with Gasteiger partial charge in [0, 0.05) is 37.1 Å². The van der Waals surface area contributed by atoms with Gasteiger partial charge in [0.2, 0.25) is 15.9 Å². The van der Waals surface area contributed by atoms with Gasteiger partial charge >= 0.3 is 0 Å². The second kappa shape index (κ2) is 6.70. The molecule has 24 heavy (non-hydrogen) atoms. The summed E-state index contributed by atoms with van der Waals surface area (Å²) in [5.74, 6) is 0.0777. The number of carbonyl (C=O) groups is 1. The van der Waals surface area contributed by atoms with Gasteiger partial charge in [0.05, 0.1) is 4.90 Å². The molecule has 0 spiro atoms. The molecule has 2 aromatic rings.